The summed E-state index contributed by atoms with van der Waals surface area (Å²) < 4.78 is 26.7. The summed E-state index contributed by atoms with van der Waals surface area (Å²) in [4.78, 5) is 77.7. The first kappa shape index (κ1) is 47.0. The van der Waals surface area contributed by atoms with Crippen LogP contribution in [0.2, 0.25) is 0 Å². The molecule has 8 rings (SSSR count). The highest BCUT2D eigenvalue weighted by molar-refractivity contribution is 6.05. The van der Waals surface area contributed by atoms with E-state index in [2.05, 4.69) is 20.9 Å². The lowest BCUT2D eigenvalue weighted by atomic mass is 10.1. The fourth-order valence-electron chi connectivity index (χ4n) is 6.80. The van der Waals surface area contributed by atoms with Gasteiger partial charge in [0.15, 0.2) is 17.2 Å². The van der Waals surface area contributed by atoms with Crippen LogP contribution in [0.25, 0.3) is 0 Å². The third-order valence-electron chi connectivity index (χ3n) is 10.3. The van der Waals surface area contributed by atoms with Crippen molar-refractivity contribution in [2.24, 2.45) is 5.73 Å². The number of hydrogen-bond acceptors (Lipinski definition) is 16. The molecule has 2 aliphatic heterocycles. The minimum absolute atomic E-state index is 0. The number of nitrogens with one attached hydrogen (secondary N) is 4. The molecular weight excluding hydrogens is 855 g/mol. The number of aromatic nitrogens is 2. The first-order chi connectivity index (χ1) is 31.9. The Morgan fingerprint density at radius 1 is 0.682 bits per heavy atom. The SMILES string of the molecule is CN1C(=O)[C@@H](NC(=O)c2cc(Cc3ccccc3)on2)COc2ccc(C(=O)CN)cc21.COC(=O)c1ccc2c(c1)N(C)C(=O)[C@@H](NC(=O)c1cc(Cc3ccccc3)on1)CO2.N=N.[HH]. The number of benzene rings is 4. The number of esters is 1. The molecule has 0 spiro atoms. The van der Waals surface area contributed by atoms with E-state index in [0.717, 1.165) is 11.1 Å². The fraction of sp³-hybridized carbons (Fsp3) is 0.217. The molecular formula is C46H47N9O11. The lowest BCUT2D eigenvalue weighted by molar-refractivity contribution is -0.121. The fourth-order valence-corrected chi connectivity index (χ4v) is 6.80. The summed E-state index contributed by atoms with van der Waals surface area (Å²) in [6.07, 6.45) is 0.988. The van der Waals surface area contributed by atoms with Gasteiger partial charge in [0.25, 0.3) is 23.6 Å². The maximum absolute atomic E-state index is 12.9. The minimum atomic E-state index is -0.948. The van der Waals surface area contributed by atoms with Gasteiger partial charge in [-0.3, -0.25) is 24.0 Å². The summed E-state index contributed by atoms with van der Waals surface area (Å²) >= 11 is 0. The number of rotatable bonds is 11. The number of fused-ring (bicyclic) bond motifs is 2. The Kier molecular flexibility index (Phi) is 15.5. The van der Waals surface area contributed by atoms with Crippen LogP contribution in [0.5, 0.6) is 11.5 Å². The third kappa shape index (κ3) is 11.2. The second-order valence-electron chi connectivity index (χ2n) is 14.6. The molecule has 0 aliphatic carbocycles. The van der Waals surface area contributed by atoms with Gasteiger partial charge in [0, 0.05) is 46.1 Å². The van der Waals surface area contributed by atoms with Crippen LogP contribution in [-0.2, 0) is 27.2 Å². The molecule has 0 saturated carbocycles. The Balaban J connectivity index is 0.000000238. The third-order valence-corrected chi connectivity index (χ3v) is 10.3. The number of anilines is 2. The highest BCUT2D eigenvalue weighted by Gasteiger charge is 2.33. The molecule has 0 bridgehead atoms. The molecule has 66 heavy (non-hydrogen) atoms. The first-order valence-electron chi connectivity index (χ1n) is 20.2. The molecule has 20 heteroatoms. The largest absolute Gasteiger partial charge is 0.489 e. The standard InChI is InChI=1S/C23H22N4O5.C23H21N3O6.H2N2.H2/c1-27-19-10-15(20(28)12-24)7-8-21(19)31-13-18(23(27)30)25-22(29)17-11-16(32-26-17)9-14-5-3-2-4-6-14;1-26-19-11-15(23(29)30-2)8-9-20(19)31-13-18(22(26)28)24-21(27)17-12-16(32-25-17)10-14-6-4-3-5-7-14;1-2;/h2-8,10-11,18H,9,12-13,24H2,1H3,(H,25,29);3-9,11-12,18H,10,13H2,1-2H3,(H,24,27);1-2H;1H/t2*18-;;/m00../s1. The van der Waals surface area contributed by atoms with Gasteiger partial charge >= 0.3 is 5.97 Å². The van der Waals surface area contributed by atoms with E-state index in [1.807, 2.05) is 60.7 Å². The predicted molar refractivity (Wildman–Crippen MR) is 237 cm³/mol. The highest BCUT2D eigenvalue weighted by atomic mass is 16.5. The van der Waals surface area contributed by atoms with Gasteiger partial charge in [-0.25, -0.2) is 15.9 Å². The average Bonchev–Trinajstić information content (AvgIpc) is 3.99. The monoisotopic (exact) mass is 901 g/mol. The second-order valence-corrected chi connectivity index (χ2v) is 14.6. The van der Waals surface area contributed by atoms with E-state index in [9.17, 15) is 28.8 Å². The van der Waals surface area contributed by atoms with Gasteiger partial charge < -0.3 is 49.4 Å². The van der Waals surface area contributed by atoms with E-state index in [1.54, 1.807) is 56.6 Å². The van der Waals surface area contributed by atoms with Crippen LogP contribution in [0.1, 0.15) is 65.8 Å². The number of Topliss-reactive ketones (excluding diaryl/α,β-unsaturated/α-hetero) is 1. The number of carbonyl (C=O) groups excluding carboxylic acids is 6. The zero-order valence-electron chi connectivity index (χ0n) is 35.9. The molecule has 0 radical (unpaired) electrons. The van der Waals surface area contributed by atoms with E-state index in [0.29, 0.717) is 52.8 Å². The summed E-state index contributed by atoms with van der Waals surface area (Å²) in [5.74, 6) is -0.751. The normalized spacial score (nSPS) is 15.0. The second kappa shape index (κ2) is 21.7. The minimum Gasteiger partial charge on any atom is -0.489 e. The molecule has 4 amide bonds. The molecule has 0 fully saturated rings. The average molecular weight is 902 g/mol. The number of nitrogens with zero attached hydrogens (tertiary/aromatic N) is 4. The highest BCUT2D eigenvalue weighted by Crippen LogP contribution is 2.33. The van der Waals surface area contributed by atoms with E-state index in [-0.39, 0.29) is 49.8 Å². The number of hydrogen-bond donors (Lipinski definition) is 5. The van der Waals surface area contributed by atoms with E-state index >= 15 is 0 Å². The van der Waals surface area contributed by atoms with Crippen molar-refractivity contribution in [1.29, 1.82) is 11.1 Å². The van der Waals surface area contributed by atoms with Gasteiger partial charge in [-0.15, -0.1) is 0 Å². The molecule has 6 aromatic rings. The van der Waals surface area contributed by atoms with E-state index in [4.69, 9.17) is 40.1 Å². The molecule has 20 nitrogen and oxygen atoms in total. The number of amides is 4. The first-order valence-corrected chi connectivity index (χ1v) is 20.2. The topological polar surface area (TPSA) is 286 Å². The summed E-state index contributed by atoms with van der Waals surface area (Å²) in [5.41, 5.74) is 19.1. The molecule has 4 heterocycles. The lowest BCUT2D eigenvalue weighted by Gasteiger charge is -2.20. The van der Waals surface area contributed by atoms with Crippen molar-refractivity contribution in [3.05, 3.63) is 154 Å². The van der Waals surface area contributed by atoms with Crippen molar-refractivity contribution >= 4 is 46.8 Å². The number of ketones is 1. The van der Waals surface area contributed by atoms with Gasteiger partial charge in [0.1, 0.15) is 48.3 Å². The molecule has 0 saturated heterocycles. The summed E-state index contributed by atoms with van der Waals surface area (Å²) in [7, 11) is 4.38. The van der Waals surface area contributed by atoms with Crippen LogP contribution in [0.4, 0.5) is 11.4 Å². The van der Waals surface area contributed by atoms with Gasteiger partial charge in [0.2, 0.25) is 0 Å². The zero-order chi connectivity index (χ0) is 47.3. The number of methoxy groups -OCH3 is 1. The van der Waals surface area contributed by atoms with Gasteiger partial charge in [-0.1, -0.05) is 71.0 Å². The Labute approximate surface area is 378 Å². The maximum Gasteiger partial charge on any atom is 0.337 e. The van der Waals surface area contributed by atoms with E-state index < -0.39 is 35.8 Å². The smallest absolute Gasteiger partial charge is 0.337 e. The van der Waals surface area contributed by atoms with Crippen LogP contribution in [0.3, 0.4) is 0 Å². The van der Waals surface area contributed by atoms with Crippen molar-refractivity contribution < 1.29 is 53.5 Å². The molecule has 0 unspecified atom stereocenters. The number of likely N-dealkylation sites (N-methyl/N-ethyl adjacent to an activating group) is 2. The van der Waals surface area contributed by atoms with Crippen molar-refractivity contribution in [3.63, 3.8) is 0 Å². The van der Waals surface area contributed by atoms with Crippen molar-refractivity contribution in [1.82, 2.24) is 20.9 Å². The Morgan fingerprint density at radius 3 is 1.53 bits per heavy atom. The van der Waals surface area contributed by atoms with Crippen molar-refractivity contribution in [2.45, 2.75) is 24.9 Å². The van der Waals surface area contributed by atoms with E-state index in [1.165, 1.54) is 23.0 Å². The van der Waals surface area contributed by atoms with Crippen molar-refractivity contribution in [3.8, 4) is 11.5 Å². The zero-order valence-corrected chi connectivity index (χ0v) is 35.9. The molecule has 6 N–H and O–H groups in total. The number of nitrogens with two attached hydrogens (primary N) is 1. The van der Waals surface area contributed by atoms with Crippen LogP contribution >= 0.6 is 0 Å². The van der Waals surface area contributed by atoms with Crippen LogP contribution in [0, 0.1) is 11.1 Å². The van der Waals surface area contributed by atoms with Crippen molar-refractivity contribution in [2.75, 3.05) is 50.8 Å². The predicted octanol–water partition coefficient (Wildman–Crippen LogP) is 4.61. The summed E-state index contributed by atoms with van der Waals surface area (Å²) in [5, 5.41) is 12.9. The summed E-state index contributed by atoms with van der Waals surface area (Å²) in [6.45, 7) is -0.283. The number of carbonyl (C=O) groups is 6. The van der Waals surface area contributed by atoms with Gasteiger partial charge in [-0.2, -0.15) is 0 Å². The molecule has 342 valence electrons. The Morgan fingerprint density at radius 2 is 1.11 bits per heavy atom. The van der Waals surface area contributed by atoms with Gasteiger partial charge in [-0.05, 0) is 47.5 Å². The Hall–Kier alpha value is -8.52. The Bertz CT molecular complexity index is 2530. The van der Waals surface area contributed by atoms with Crippen LogP contribution in [-0.4, -0.2) is 98.7 Å². The molecule has 2 aliphatic rings. The van der Waals surface area contributed by atoms with Gasteiger partial charge in [0.05, 0.1) is 30.6 Å². The van der Waals surface area contributed by atoms with Crippen LogP contribution in [0.15, 0.2) is 118 Å². The molecule has 4 aromatic carbocycles. The van der Waals surface area contributed by atoms with Crippen LogP contribution < -0.4 is 35.6 Å². The molecule has 2 aromatic heterocycles. The molecule has 2 atom stereocenters. The lowest BCUT2D eigenvalue weighted by Crippen LogP contribution is -2.49. The maximum atomic E-state index is 12.9. The summed E-state index contributed by atoms with van der Waals surface area (Å²) in [6, 6.07) is 29.9. The quantitative estimate of drug-likeness (QED) is 0.0675. The number of ether oxygens (including phenoxy) is 3.